The fourth-order valence-electron chi connectivity index (χ4n) is 1.62. The SMILES string of the molecule is O=C(Cc1ccc(F)cc1F)Nc1ccc(F)cc1F. The van der Waals surface area contributed by atoms with Crippen LogP contribution in [0, 0.1) is 23.3 Å². The van der Waals surface area contributed by atoms with E-state index >= 15 is 0 Å². The van der Waals surface area contributed by atoms with E-state index in [-0.39, 0.29) is 17.7 Å². The van der Waals surface area contributed by atoms with Crippen molar-refractivity contribution in [2.45, 2.75) is 6.42 Å². The summed E-state index contributed by atoms with van der Waals surface area (Å²) < 4.78 is 52.0. The molecule has 0 saturated heterocycles. The van der Waals surface area contributed by atoms with Crippen molar-refractivity contribution in [1.29, 1.82) is 0 Å². The van der Waals surface area contributed by atoms with Crippen molar-refractivity contribution in [1.82, 2.24) is 0 Å². The lowest BCUT2D eigenvalue weighted by Gasteiger charge is -2.07. The molecule has 2 aromatic rings. The molecule has 2 rings (SSSR count). The lowest BCUT2D eigenvalue weighted by molar-refractivity contribution is -0.115. The van der Waals surface area contributed by atoms with Gasteiger partial charge >= 0.3 is 0 Å². The number of hydrogen-bond donors (Lipinski definition) is 1. The van der Waals surface area contributed by atoms with Crippen LogP contribution in [0.5, 0.6) is 0 Å². The standard InChI is InChI=1S/C14H9F4NO/c15-9-2-1-8(11(17)6-9)5-14(20)19-13-4-3-10(16)7-12(13)18/h1-4,6-7H,5H2,(H,19,20). The molecule has 0 bridgehead atoms. The van der Waals surface area contributed by atoms with Crippen molar-refractivity contribution in [2.24, 2.45) is 0 Å². The fraction of sp³-hybridized carbons (Fsp3) is 0.0714. The number of carbonyl (C=O) groups excluding carboxylic acids is 1. The highest BCUT2D eigenvalue weighted by Crippen LogP contribution is 2.16. The molecule has 0 heterocycles. The summed E-state index contributed by atoms with van der Waals surface area (Å²) in [4.78, 5) is 11.6. The quantitative estimate of drug-likeness (QED) is 0.859. The van der Waals surface area contributed by atoms with Crippen LogP contribution < -0.4 is 5.32 Å². The van der Waals surface area contributed by atoms with Crippen LogP contribution >= 0.6 is 0 Å². The van der Waals surface area contributed by atoms with Crippen molar-refractivity contribution in [3.8, 4) is 0 Å². The van der Waals surface area contributed by atoms with Gasteiger partial charge < -0.3 is 5.32 Å². The maximum atomic E-state index is 13.3. The van der Waals surface area contributed by atoms with Gasteiger partial charge in [0.25, 0.3) is 0 Å². The number of halogens is 4. The molecule has 0 radical (unpaired) electrons. The minimum Gasteiger partial charge on any atom is -0.323 e. The average Bonchev–Trinajstić information content (AvgIpc) is 2.36. The Labute approximate surface area is 112 Å². The summed E-state index contributed by atoms with van der Waals surface area (Å²) >= 11 is 0. The van der Waals surface area contributed by atoms with E-state index in [1.165, 1.54) is 0 Å². The van der Waals surface area contributed by atoms with Crippen LogP contribution in [0.25, 0.3) is 0 Å². The Morgan fingerprint density at radius 1 is 0.900 bits per heavy atom. The Kier molecular flexibility index (Phi) is 4.02. The average molecular weight is 283 g/mol. The van der Waals surface area contributed by atoms with Crippen LogP contribution in [0.1, 0.15) is 5.56 Å². The third kappa shape index (κ3) is 3.34. The summed E-state index contributed by atoms with van der Waals surface area (Å²) in [7, 11) is 0. The molecular weight excluding hydrogens is 274 g/mol. The number of nitrogens with one attached hydrogen (secondary N) is 1. The topological polar surface area (TPSA) is 29.1 Å². The van der Waals surface area contributed by atoms with E-state index in [1.807, 2.05) is 0 Å². The molecule has 0 unspecified atom stereocenters. The zero-order valence-corrected chi connectivity index (χ0v) is 10.1. The highest BCUT2D eigenvalue weighted by molar-refractivity contribution is 5.92. The van der Waals surface area contributed by atoms with Crippen molar-refractivity contribution < 1.29 is 22.4 Å². The second-order valence-electron chi connectivity index (χ2n) is 4.08. The Morgan fingerprint density at radius 2 is 1.50 bits per heavy atom. The Bertz CT molecular complexity index is 602. The van der Waals surface area contributed by atoms with Crippen molar-refractivity contribution in [2.75, 3.05) is 5.32 Å². The van der Waals surface area contributed by atoms with Crippen molar-refractivity contribution >= 4 is 11.6 Å². The molecule has 0 atom stereocenters. The first-order chi connectivity index (χ1) is 9.45. The van der Waals surface area contributed by atoms with Crippen LogP contribution in [0.4, 0.5) is 23.2 Å². The van der Waals surface area contributed by atoms with Gasteiger partial charge in [-0.1, -0.05) is 6.07 Å². The minimum atomic E-state index is -0.932. The molecule has 0 aliphatic heterocycles. The third-order valence-electron chi connectivity index (χ3n) is 2.57. The first-order valence-electron chi connectivity index (χ1n) is 5.64. The van der Waals surface area contributed by atoms with Gasteiger partial charge in [-0.15, -0.1) is 0 Å². The summed E-state index contributed by atoms with van der Waals surface area (Å²) in [6.45, 7) is 0. The monoisotopic (exact) mass is 283 g/mol. The molecule has 1 N–H and O–H groups in total. The van der Waals surface area contributed by atoms with Gasteiger partial charge in [0.2, 0.25) is 5.91 Å². The van der Waals surface area contributed by atoms with Gasteiger partial charge in [0.1, 0.15) is 23.3 Å². The number of anilines is 1. The van der Waals surface area contributed by atoms with E-state index in [1.54, 1.807) is 0 Å². The molecule has 0 aromatic heterocycles. The van der Waals surface area contributed by atoms with Crippen LogP contribution in [-0.4, -0.2) is 5.91 Å². The Balaban J connectivity index is 2.09. The smallest absolute Gasteiger partial charge is 0.228 e. The van der Waals surface area contributed by atoms with E-state index in [0.29, 0.717) is 12.1 Å². The van der Waals surface area contributed by atoms with Crippen molar-refractivity contribution in [3.63, 3.8) is 0 Å². The van der Waals surface area contributed by atoms with Crippen LogP contribution in [0.3, 0.4) is 0 Å². The molecule has 2 aromatic carbocycles. The molecule has 2 nitrogen and oxygen atoms in total. The minimum absolute atomic E-state index is 0.0218. The largest absolute Gasteiger partial charge is 0.323 e. The highest BCUT2D eigenvalue weighted by atomic mass is 19.1. The molecule has 1 amide bonds. The number of hydrogen-bond acceptors (Lipinski definition) is 1. The van der Waals surface area contributed by atoms with Gasteiger partial charge in [-0.2, -0.15) is 0 Å². The molecule has 0 spiro atoms. The van der Waals surface area contributed by atoms with Gasteiger partial charge in [-0.05, 0) is 23.8 Å². The van der Waals surface area contributed by atoms with Gasteiger partial charge in [0.05, 0.1) is 12.1 Å². The van der Waals surface area contributed by atoms with E-state index in [0.717, 1.165) is 24.3 Å². The molecule has 0 saturated carbocycles. The molecule has 0 aliphatic carbocycles. The van der Waals surface area contributed by atoms with Crippen LogP contribution in [0.15, 0.2) is 36.4 Å². The number of rotatable bonds is 3. The summed E-state index contributed by atoms with van der Waals surface area (Å²) in [5, 5.41) is 2.19. The second-order valence-corrected chi connectivity index (χ2v) is 4.08. The third-order valence-corrected chi connectivity index (χ3v) is 2.57. The van der Waals surface area contributed by atoms with Gasteiger partial charge in [-0.3, -0.25) is 4.79 Å². The lowest BCUT2D eigenvalue weighted by atomic mass is 10.1. The summed E-state index contributed by atoms with van der Waals surface area (Å²) in [5.41, 5.74) is -0.231. The fourth-order valence-corrected chi connectivity index (χ4v) is 1.62. The number of carbonyl (C=O) groups is 1. The molecule has 104 valence electrons. The first-order valence-corrected chi connectivity index (χ1v) is 5.64. The Hall–Kier alpha value is -2.37. The zero-order chi connectivity index (χ0) is 14.7. The normalized spacial score (nSPS) is 10.4. The number of benzene rings is 2. The molecule has 0 fully saturated rings. The molecule has 6 heteroatoms. The molecule has 0 aliphatic rings. The Morgan fingerprint density at radius 3 is 2.10 bits per heavy atom. The van der Waals surface area contributed by atoms with E-state index in [9.17, 15) is 22.4 Å². The zero-order valence-electron chi connectivity index (χ0n) is 10.1. The van der Waals surface area contributed by atoms with E-state index in [2.05, 4.69) is 5.32 Å². The summed E-state index contributed by atoms with van der Waals surface area (Å²) in [5.74, 6) is -4.01. The van der Waals surface area contributed by atoms with Gasteiger partial charge in [-0.25, -0.2) is 17.6 Å². The molecule has 20 heavy (non-hydrogen) atoms. The van der Waals surface area contributed by atoms with E-state index < -0.39 is 29.2 Å². The second kappa shape index (κ2) is 5.73. The highest BCUT2D eigenvalue weighted by Gasteiger charge is 2.11. The number of amides is 1. The van der Waals surface area contributed by atoms with Gasteiger partial charge in [0, 0.05) is 12.1 Å². The van der Waals surface area contributed by atoms with Crippen LogP contribution in [0.2, 0.25) is 0 Å². The predicted molar refractivity (Wildman–Crippen MR) is 65.0 cm³/mol. The van der Waals surface area contributed by atoms with Crippen LogP contribution in [-0.2, 0) is 11.2 Å². The summed E-state index contributed by atoms with van der Waals surface area (Å²) in [6, 6.07) is 5.46. The van der Waals surface area contributed by atoms with Gasteiger partial charge in [0.15, 0.2) is 0 Å². The lowest BCUT2D eigenvalue weighted by Crippen LogP contribution is -2.16. The summed E-state index contributed by atoms with van der Waals surface area (Å²) in [6.07, 6.45) is -0.386. The predicted octanol–water partition coefficient (Wildman–Crippen LogP) is 3.42. The first kappa shape index (κ1) is 14.0. The molecular formula is C14H9F4NO. The van der Waals surface area contributed by atoms with Crippen molar-refractivity contribution in [3.05, 3.63) is 65.2 Å². The maximum Gasteiger partial charge on any atom is 0.228 e. The van der Waals surface area contributed by atoms with E-state index in [4.69, 9.17) is 0 Å². The maximum absolute atomic E-state index is 13.3.